The maximum atomic E-state index is 13.8. The maximum absolute atomic E-state index is 13.8. The molecule has 0 radical (unpaired) electrons. The molecule has 0 aliphatic heterocycles. The van der Waals surface area contributed by atoms with E-state index in [1.54, 1.807) is 13.1 Å². The lowest BCUT2D eigenvalue weighted by molar-refractivity contribution is 0.101. The Morgan fingerprint density at radius 1 is 1.20 bits per heavy atom. The molecule has 3 heterocycles. The number of halogens is 2. The van der Waals surface area contributed by atoms with E-state index >= 15 is 0 Å². The summed E-state index contributed by atoms with van der Waals surface area (Å²) in [4.78, 5) is 36.7. The first-order chi connectivity index (χ1) is 14.4. The predicted octanol–water partition coefficient (Wildman–Crippen LogP) is 3.08. The minimum absolute atomic E-state index is 0.0183. The summed E-state index contributed by atoms with van der Waals surface area (Å²) in [6, 6.07) is 4.80. The van der Waals surface area contributed by atoms with E-state index < -0.39 is 28.9 Å². The summed E-state index contributed by atoms with van der Waals surface area (Å²) < 4.78 is 34.0. The molecule has 0 fully saturated rings. The van der Waals surface area contributed by atoms with Crippen LogP contribution in [0.5, 0.6) is 0 Å². The zero-order valence-corrected chi connectivity index (χ0v) is 15.9. The van der Waals surface area contributed by atoms with E-state index in [9.17, 15) is 18.4 Å². The van der Waals surface area contributed by atoms with Gasteiger partial charge in [-0.1, -0.05) is 13.0 Å². The molecule has 0 aliphatic rings. The Bertz CT molecular complexity index is 1310. The number of benzene rings is 1. The number of hydrogen-bond acceptors (Lipinski definition) is 6. The first kappa shape index (κ1) is 19.4. The minimum atomic E-state index is -0.978. The van der Waals surface area contributed by atoms with Crippen molar-refractivity contribution in [3.05, 3.63) is 70.1 Å². The van der Waals surface area contributed by atoms with Crippen LogP contribution >= 0.6 is 0 Å². The summed E-state index contributed by atoms with van der Waals surface area (Å²) in [5.41, 5.74) is 1.75. The average Bonchev–Trinajstić information content (AvgIpc) is 3.00. The number of amides is 1. The molecule has 0 saturated carbocycles. The zero-order chi connectivity index (χ0) is 21.4. The van der Waals surface area contributed by atoms with Gasteiger partial charge >= 0.3 is 5.76 Å². The van der Waals surface area contributed by atoms with Crippen LogP contribution in [0.25, 0.3) is 22.5 Å². The molecule has 0 spiro atoms. The Hall–Kier alpha value is -3.95. The molecule has 0 unspecified atom stereocenters. The number of fused-ring (bicyclic) bond motifs is 1. The van der Waals surface area contributed by atoms with Gasteiger partial charge in [-0.15, -0.1) is 0 Å². The molecular formula is C20H15F2N5O3. The predicted molar refractivity (Wildman–Crippen MR) is 104 cm³/mol. The van der Waals surface area contributed by atoms with E-state index in [2.05, 4.69) is 20.3 Å². The largest absolute Gasteiger partial charge is 0.420 e. The van der Waals surface area contributed by atoms with Gasteiger partial charge in [-0.2, -0.15) is 0 Å². The number of aryl methyl sites for hydroxylation is 2. The van der Waals surface area contributed by atoms with Gasteiger partial charge in [0.15, 0.2) is 17.0 Å². The van der Waals surface area contributed by atoms with Gasteiger partial charge < -0.3 is 9.73 Å². The number of pyridine rings is 1. The number of anilines is 1. The van der Waals surface area contributed by atoms with Gasteiger partial charge in [0.2, 0.25) is 0 Å². The first-order valence-corrected chi connectivity index (χ1v) is 8.96. The fourth-order valence-electron chi connectivity index (χ4n) is 3.00. The Labute approximate surface area is 168 Å². The van der Waals surface area contributed by atoms with E-state index in [4.69, 9.17) is 4.42 Å². The summed E-state index contributed by atoms with van der Waals surface area (Å²) in [5, 5.41) is 2.32. The van der Waals surface area contributed by atoms with Crippen LogP contribution in [0.1, 0.15) is 23.0 Å². The van der Waals surface area contributed by atoms with Crippen LogP contribution in [-0.2, 0) is 13.5 Å². The third-order valence-corrected chi connectivity index (χ3v) is 4.53. The van der Waals surface area contributed by atoms with Crippen LogP contribution in [0.3, 0.4) is 0 Å². The van der Waals surface area contributed by atoms with Gasteiger partial charge in [0.05, 0.1) is 23.8 Å². The number of carbonyl (C=O) groups is 1. The van der Waals surface area contributed by atoms with Gasteiger partial charge in [-0.05, 0) is 24.6 Å². The van der Waals surface area contributed by atoms with Crippen molar-refractivity contribution in [2.24, 2.45) is 7.05 Å². The standard InChI is InChI=1S/C20H15F2N5O3/c1-3-13-10(7-15-18(25-13)27(2)20(29)30-15)14-8-24-16(9-23-14)26-19(28)17-11(21)5-4-6-12(17)22/h4-9H,3H2,1-2H3,(H,24,26,28). The van der Waals surface area contributed by atoms with Crippen molar-refractivity contribution in [2.45, 2.75) is 13.3 Å². The molecule has 3 aromatic heterocycles. The first-order valence-electron chi connectivity index (χ1n) is 8.96. The van der Waals surface area contributed by atoms with Crippen LogP contribution in [0.4, 0.5) is 14.6 Å². The van der Waals surface area contributed by atoms with Crippen molar-refractivity contribution in [2.75, 3.05) is 5.32 Å². The second kappa shape index (κ2) is 7.47. The highest BCUT2D eigenvalue weighted by Crippen LogP contribution is 2.25. The third-order valence-electron chi connectivity index (χ3n) is 4.53. The van der Waals surface area contributed by atoms with Crippen LogP contribution in [0.2, 0.25) is 0 Å². The van der Waals surface area contributed by atoms with Gasteiger partial charge in [0.25, 0.3) is 5.91 Å². The average molecular weight is 411 g/mol. The van der Waals surface area contributed by atoms with Crippen LogP contribution in [-0.4, -0.2) is 25.4 Å². The molecule has 0 bridgehead atoms. The monoisotopic (exact) mass is 411 g/mol. The number of carbonyl (C=O) groups excluding carboxylic acids is 1. The van der Waals surface area contributed by atoms with Crippen molar-refractivity contribution in [1.29, 1.82) is 0 Å². The van der Waals surface area contributed by atoms with Gasteiger partial charge in [0, 0.05) is 12.6 Å². The summed E-state index contributed by atoms with van der Waals surface area (Å²) in [5.74, 6) is -3.44. The summed E-state index contributed by atoms with van der Waals surface area (Å²) in [6.45, 7) is 1.90. The van der Waals surface area contributed by atoms with Gasteiger partial charge in [-0.25, -0.2) is 23.5 Å². The van der Waals surface area contributed by atoms with Crippen molar-refractivity contribution < 1.29 is 18.0 Å². The zero-order valence-electron chi connectivity index (χ0n) is 15.9. The number of nitrogens with zero attached hydrogens (tertiary/aromatic N) is 4. The van der Waals surface area contributed by atoms with E-state index in [0.717, 1.165) is 12.1 Å². The van der Waals surface area contributed by atoms with Crippen LogP contribution in [0.15, 0.2) is 45.9 Å². The van der Waals surface area contributed by atoms with E-state index in [1.807, 2.05) is 6.92 Å². The third kappa shape index (κ3) is 3.32. The van der Waals surface area contributed by atoms with Crippen molar-refractivity contribution in [3.63, 3.8) is 0 Å². The molecule has 1 amide bonds. The lowest BCUT2D eigenvalue weighted by Gasteiger charge is -2.09. The smallest absolute Gasteiger partial charge is 0.406 e. The maximum Gasteiger partial charge on any atom is 0.420 e. The number of oxazole rings is 1. The Morgan fingerprint density at radius 2 is 1.93 bits per heavy atom. The fraction of sp³-hybridized carbons (Fsp3) is 0.150. The number of nitrogens with one attached hydrogen (secondary N) is 1. The van der Waals surface area contributed by atoms with Crippen molar-refractivity contribution in [3.8, 4) is 11.3 Å². The normalized spacial score (nSPS) is 11.1. The fourth-order valence-corrected chi connectivity index (χ4v) is 3.00. The second-order valence-electron chi connectivity index (χ2n) is 6.42. The Balaban J connectivity index is 1.65. The Morgan fingerprint density at radius 3 is 2.57 bits per heavy atom. The van der Waals surface area contributed by atoms with Gasteiger partial charge in [0.1, 0.15) is 17.2 Å². The van der Waals surface area contributed by atoms with Gasteiger partial charge in [-0.3, -0.25) is 14.3 Å². The second-order valence-corrected chi connectivity index (χ2v) is 6.42. The molecule has 10 heteroatoms. The summed E-state index contributed by atoms with van der Waals surface area (Å²) in [6.07, 6.45) is 3.21. The molecule has 0 saturated heterocycles. The molecule has 152 valence electrons. The molecule has 1 aromatic carbocycles. The van der Waals surface area contributed by atoms with Crippen LogP contribution in [0, 0.1) is 11.6 Å². The quantitative estimate of drug-likeness (QED) is 0.554. The number of aromatic nitrogens is 4. The van der Waals surface area contributed by atoms with E-state index in [-0.39, 0.29) is 5.82 Å². The van der Waals surface area contributed by atoms with Crippen molar-refractivity contribution in [1.82, 2.24) is 19.5 Å². The highest BCUT2D eigenvalue weighted by atomic mass is 19.1. The molecule has 0 atom stereocenters. The molecule has 4 rings (SSSR count). The SMILES string of the molecule is CCc1nc2c(cc1-c1cnc(NC(=O)c3c(F)cccc3F)cn1)oc(=O)n2C. The summed E-state index contributed by atoms with van der Waals surface area (Å²) in [7, 11) is 1.57. The van der Waals surface area contributed by atoms with E-state index in [1.165, 1.54) is 23.0 Å². The van der Waals surface area contributed by atoms with E-state index in [0.29, 0.717) is 34.6 Å². The van der Waals surface area contributed by atoms with Crippen molar-refractivity contribution >= 4 is 23.0 Å². The van der Waals surface area contributed by atoms with Crippen LogP contribution < -0.4 is 11.1 Å². The molecule has 8 nitrogen and oxygen atoms in total. The lowest BCUT2D eigenvalue weighted by atomic mass is 10.1. The number of rotatable bonds is 4. The summed E-state index contributed by atoms with van der Waals surface area (Å²) >= 11 is 0. The minimum Gasteiger partial charge on any atom is -0.406 e. The molecule has 1 N–H and O–H groups in total. The Kier molecular flexibility index (Phi) is 4.82. The molecular weight excluding hydrogens is 396 g/mol. The number of hydrogen-bond donors (Lipinski definition) is 1. The topological polar surface area (TPSA) is 103 Å². The molecule has 0 aliphatic carbocycles. The lowest BCUT2D eigenvalue weighted by Crippen LogP contribution is -2.16. The molecule has 30 heavy (non-hydrogen) atoms. The highest BCUT2D eigenvalue weighted by Gasteiger charge is 2.18. The highest BCUT2D eigenvalue weighted by molar-refractivity contribution is 6.04. The molecule has 4 aromatic rings.